The number of halogens is 1. The predicted molar refractivity (Wildman–Crippen MR) is 112 cm³/mol. The summed E-state index contributed by atoms with van der Waals surface area (Å²) in [5, 5.41) is 42.0. The summed E-state index contributed by atoms with van der Waals surface area (Å²) in [6.45, 7) is 0.473. The van der Waals surface area contributed by atoms with Crippen molar-refractivity contribution in [2.45, 2.75) is 38.1 Å². The van der Waals surface area contributed by atoms with Crippen LogP contribution in [0.25, 0.3) is 0 Å². The maximum Gasteiger partial charge on any atom is 0.259 e. The molecule has 0 bridgehead atoms. The monoisotopic (exact) mass is 453 g/mol. The molecule has 9 nitrogen and oxygen atoms in total. The topological polar surface area (TPSA) is 138 Å². The molecule has 0 saturated heterocycles. The standard InChI is InChI=1S/C22H28FNO8/c1-13(23)19(27)20(28)22(31-11-10-25)32-17-5-3-4-16(26)18(17)21(29)24-12-14-6-8-15(30-2)9-7-14/h3-9,13,19-20,22,25-28H,10-12H2,1-2H3,(H,24,29). The number of carbonyl (C=O) groups excluding carboxylic acids is 1. The largest absolute Gasteiger partial charge is 0.507 e. The number of aromatic hydroxyl groups is 1. The minimum atomic E-state index is -1.84. The molecule has 0 saturated carbocycles. The molecule has 0 heterocycles. The number of hydrogen-bond acceptors (Lipinski definition) is 8. The Balaban J connectivity index is 2.20. The number of nitrogens with one attached hydrogen (secondary N) is 1. The van der Waals surface area contributed by atoms with Gasteiger partial charge in [-0.3, -0.25) is 4.79 Å². The highest BCUT2D eigenvalue weighted by Gasteiger charge is 2.34. The zero-order valence-electron chi connectivity index (χ0n) is 17.8. The Morgan fingerprint density at radius 3 is 2.41 bits per heavy atom. The molecule has 10 heteroatoms. The molecular weight excluding hydrogens is 425 g/mol. The first-order valence-corrected chi connectivity index (χ1v) is 9.90. The maximum absolute atomic E-state index is 13.5. The highest BCUT2D eigenvalue weighted by Crippen LogP contribution is 2.29. The molecule has 2 aromatic rings. The van der Waals surface area contributed by atoms with Gasteiger partial charge < -0.3 is 40.0 Å². The van der Waals surface area contributed by atoms with Crippen LogP contribution in [0, 0.1) is 0 Å². The van der Waals surface area contributed by atoms with Gasteiger partial charge in [-0.2, -0.15) is 0 Å². The molecule has 32 heavy (non-hydrogen) atoms. The highest BCUT2D eigenvalue weighted by atomic mass is 19.1. The van der Waals surface area contributed by atoms with Crippen LogP contribution in [0.4, 0.5) is 4.39 Å². The number of methoxy groups -OCH3 is 1. The number of carbonyl (C=O) groups is 1. The van der Waals surface area contributed by atoms with E-state index >= 15 is 0 Å². The fourth-order valence-electron chi connectivity index (χ4n) is 2.79. The molecule has 2 aromatic carbocycles. The van der Waals surface area contributed by atoms with E-state index in [9.17, 15) is 24.5 Å². The van der Waals surface area contributed by atoms with Gasteiger partial charge in [0.05, 0.1) is 20.3 Å². The molecule has 0 spiro atoms. The molecule has 176 valence electrons. The van der Waals surface area contributed by atoms with Crippen LogP contribution in [0.3, 0.4) is 0 Å². The molecule has 2 rings (SSSR count). The van der Waals surface area contributed by atoms with Crippen LogP contribution in [-0.4, -0.2) is 71.3 Å². The summed E-state index contributed by atoms with van der Waals surface area (Å²) in [4.78, 5) is 12.8. The van der Waals surface area contributed by atoms with Crippen LogP contribution < -0.4 is 14.8 Å². The number of ether oxygens (including phenoxy) is 3. The summed E-state index contributed by atoms with van der Waals surface area (Å²) < 4.78 is 29.2. The van der Waals surface area contributed by atoms with Crippen LogP contribution in [0.5, 0.6) is 17.2 Å². The second-order valence-electron chi connectivity index (χ2n) is 6.92. The fraction of sp³-hybridized carbons (Fsp3) is 0.409. The summed E-state index contributed by atoms with van der Waals surface area (Å²) in [6, 6.07) is 11.0. The van der Waals surface area contributed by atoms with Crippen molar-refractivity contribution in [2.75, 3.05) is 20.3 Å². The number of rotatable bonds is 12. The van der Waals surface area contributed by atoms with Crippen molar-refractivity contribution in [3.05, 3.63) is 53.6 Å². The predicted octanol–water partition coefficient (Wildman–Crippen LogP) is 1.12. The Hall–Kier alpha value is -2.92. The Labute approximate surface area is 185 Å². The molecule has 1 amide bonds. The second-order valence-corrected chi connectivity index (χ2v) is 6.92. The molecule has 4 atom stereocenters. The van der Waals surface area contributed by atoms with Gasteiger partial charge in [-0.05, 0) is 36.8 Å². The van der Waals surface area contributed by atoms with Crippen molar-refractivity contribution >= 4 is 5.91 Å². The van der Waals surface area contributed by atoms with Gasteiger partial charge in [-0.25, -0.2) is 4.39 Å². The first-order valence-electron chi connectivity index (χ1n) is 9.90. The lowest BCUT2D eigenvalue weighted by molar-refractivity contribution is -0.185. The van der Waals surface area contributed by atoms with Gasteiger partial charge in [0, 0.05) is 6.54 Å². The van der Waals surface area contributed by atoms with Gasteiger partial charge >= 0.3 is 0 Å². The molecular formula is C22H28FNO8. The summed E-state index contributed by atoms with van der Waals surface area (Å²) in [6.07, 6.45) is -7.10. The number of aliphatic hydroxyl groups is 3. The van der Waals surface area contributed by atoms with Crippen molar-refractivity contribution < 1.29 is 43.8 Å². The van der Waals surface area contributed by atoms with E-state index in [-0.39, 0.29) is 24.5 Å². The van der Waals surface area contributed by atoms with Crippen molar-refractivity contribution in [3.63, 3.8) is 0 Å². The van der Waals surface area contributed by atoms with E-state index in [4.69, 9.17) is 19.3 Å². The first kappa shape index (κ1) is 25.3. The molecule has 0 aliphatic heterocycles. The Kier molecular flexibility index (Phi) is 9.66. The minimum absolute atomic E-state index is 0.141. The molecule has 0 aliphatic rings. The van der Waals surface area contributed by atoms with Crippen molar-refractivity contribution in [1.82, 2.24) is 5.32 Å². The lowest BCUT2D eigenvalue weighted by Gasteiger charge is -2.28. The van der Waals surface area contributed by atoms with Crippen LogP contribution in [-0.2, 0) is 11.3 Å². The summed E-state index contributed by atoms with van der Waals surface area (Å²) >= 11 is 0. The summed E-state index contributed by atoms with van der Waals surface area (Å²) in [5.74, 6) is -0.583. The van der Waals surface area contributed by atoms with E-state index in [0.29, 0.717) is 5.75 Å². The number of hydrogen-bond donors (Lipinski definition) is 5. The number of phenols is 1. The van der Waals surface area contributed by atoms with Gasteiger partial charge in [0.2, 0.25) is 6.29 Å². The lowest BCUT2D eigenvalue weighted by Crippen LogP contribution is -2.46. The van der Waals surface area contributed by atoms with Crippen molar-refractivity contribution in [2.24, 2.45) is 0 Å². The Morgan fingerprint density at radius 1 is 1.12 bits per heavy atom. The van der Waals surface area contributed by atoms with Crippen molar-refractivity contribution in [1.29, 1.82) is 0 Å². The Bertz CT molecular complexity index is 862. The van der Waals surface area contributed by atoms with E-state index in [0.717, 1.165) is 12.5 Å². The lowest BCUT2D eigenvalue weighted by atomic mass is 10.1. The Morgan fingerprint density at radius 2 is 1.81 bits per heavy atom. The van der Waals surface area contributed by atoms with E-state index < -0.39 is 42.9 Å². The van der Waals surface area contributed by atoms with Crippen molar-refractivity contribution in [3.8, 4) is 17.2 Å². The third-order valence-electron chi connectivity index (χ3n) is 4.56. The molecule has 0 aromatic heterocycles. The second kappa shape index (κ2) is 12.2. The van der Waals surface area contributed by atoms with E-state index in [1.807, 2.05) is 0 Å². The van der Waals surface area contributed by atoms with Crippen LogP contribution in [0.1, 0.15) is 22.8 Å². The first-order chi connectivity index (χ1) is 15.3. The zero-order valence-corrected chi connectivity index (χ0v) is 17.8. The van der Waals surface area contributed by atoms with Crippen LogP contribution in [0.2, 0.25) is 0 Å². The molecule has 5 N–H and O–H groups in total. The smallest absolute Gasteiger partial charge is 0.259 e. The molecule has 4 unspecified atom stereocenters. The van der Waals surface area contributed by atoms with Gasteiger partial charge in [-0.1, -0.05) is 18.2 Å². The highest BCUT2D eigenvalue weighted by molar-refractivity contribution is 5.99. The average molecular weight is 453 g/mol. The van der Waals surface area contributed by atoms with Gasteiger partial charge in [0.25, 0.3) is 5.91 Å². The van der Waals surface area contributed by atoms with Gasteiger partial charge in [0.1, 0.15) is 41.2 Å². The SMILES string of the molecule is COc1ccc(CNC(=O)c2c(O)cccc2OC(OCCO)C(O)C(O)C(C)F)cc1. The minimum Gasteiger partial charge on any atom is -0.507 e. The number of aliphatic hydroxyl groups excluding tert-OH is 3. The van der Waals surface area contributed by atoms with Gasteiger partial charge in [-0.15, -0.1) is 0 Å². The third kappa shape index (κ3) is 6.79. The van der Waals surface area contributed by atoms with E-state index in [2.05, 4.69) is 5.32 Å². The van der Waals surface area contributed by atoms with Gasteiger partial charge in [0.15, 0.2) is 0 Å². The average Bonchev–Trinajstić information content (AvgIpc) is 2.79. The quantitative estimate of drug-likeness (QED) is 0.302. The summed E-state index contributed by atoms with van der Waals surface area (Å²) in [5.41, 5.74) is 0.533. The summed E-state index contributed by atoms with van der Waals surface area (Å²) in [7, 11) is 1.54. The maximum atomic E-state index is 13.5. The molecule has 0 aliphatic carbocycles. The number of alkyl halides is 1. The number of amides is 1. The normalized spacial score (nSPS) is 14.8. The molecule has 0 radical (unpaired) electrons. The van der Waals surface area contributed by atoms with E-state index in [1.165, 1.54) is 25.3 Å². The van der Waals surface area contributed by atoms with Crippen LogP contribution >= 0.6 is 0 Å². The third-order valence-corrected chi connectivity index (χ3v) is 4.56. The van der Waals surface area contributed by atoms with E-state index in [1.54, 1.807) is 24.3 Å². The number of benzene rings is 2. The zero-order chi connectivity index (χ0) is 23.7. The molecule has 0 fully saturated rings. The van der Waals surface area contributed by atoms with Crippen LogP contribution in [0.15, 0.2) is 42.5 Å². The fourth-order valence-corrected chi connectivity index (χ4v) is 2.79. The number of phenolic OH excluding ortho intramolecular Hbond substituents is 1.